The molecule has 0 unspecified atom stereocenters. The van der Waals surface area contributed by atoms with Crippen LogP contribution in [0.5, 0.6) is 0 Å². The average Bonchev–Trinajstić information content (AvgIpc) is 2.56. The first-order chi connectivity index (χ1) is 11.1. The summed E-state index contributed by atoms with van der Waals surface area (Å²) in [4.78, 5) is 26.8. The van der Waals surface area contributed by atoms with Gasteiger partial charge >= 0.3 is 0 Å². The molecule has 0 radical (unpaired) electrons. The SMILES string of the molecule is Cc1ccc(C(=O)N2C[C@@H]3C[C@H](C2)c2cccc(=O)n2C3)cc1. The Kier molecular flexibility index (Phi) is 3.33. The molecule has 0 aliphatic carbocycles. The number of benzene rings is 1. The van der Waals surface area contributed by atoms with Crippen molar-refractivity contribution in [2.75, 3.05) is 13.1 Å². The first kappa shape index (κ1) is 14.2. The van der Waals surface area contributed by atoms with E-state index in [0.29, 0.717) is 12.5 Å². The van der Waals surface area contributed by atoms with Gasteiger partial charge in [0.1, 0.15) is 0 Å². The van der Waals surface area contributed by atoms with Crippen LogP contribution in [0.15, 0.2) is 47.3 Å². The van der Waals surface area contributed by atoms with E-state index in [2.05, 4.69) is 0 Å². The molecule has 1 aromatic heterocycles. The van der Waals surface area contributed by atoms with E-state index in [1.54, 1.807) is 6.07 Å². The molecule has 0 N–H and O–H groups in total. The second-order valence-corrected chi connectivity index (χ2v) is 6.77. The van der Waals surface area contributed by atoms with E-state index in [-0.39, 0.29) is 17.4 Å². The van der Waals surface area contributed by atoms with Crippen molar-refractivity contribution < 1.29 is 4.79 Å². The number of hydrogen-bond donors (Lipinski definition) is 0. The number of hydrogen-bond acceptors (Lipinski definition) is 2. The molecule has 4 nitrogen and oxygen atoms in total. The fourth-order valence-electron chi connectivity index (χ4n) is 3.94. The van der Waals surface area contributed by atoms with Gasteiger partial charge in [0, 0.05) is 42.9 Å². The zero-order valence-electron chi connectivity index (χ0n) is 13.2. The standard InChI is InChI=1S/C19H20N2O2/c1-13-5-7-15(8-6-13)19(23)20-10-14-9-16(12-20)17-3-2-4-18(22)21(17)11-14/h2-8,14,16H,9-12H2,1H3/t14-,16+/m0/s1. The molecular formula is C19H20N2O2. The number of amides is 1. The Hall–Kier alpha value is -2.36. The maximum Gasteiger partial charge on any atom is 0.253 e. The van der Waals surface area contributed by atoms with E-state index in [1.807, 2.05) is 52.8 Å². The molecule has 0 spiro atoms. The first-order valence-electron chi connectivity index (χ1n) is 8.17. The summed E-state index contributed by atoms with van der Waals surface area (Å²) in [6.07, 6.45) is 1.07. The van der Waals surface area contributed by atoms with Gasteiger partial charge in [-0.3, -0.25) is 9.59 Å². The quantitative estimate of drug-likeness (QED) is 0.812. The van der Waals surface area contributed by atoms with Gasteiger partial charge in [-0.1, -0.05) is 23.8 Å². The number of piperidine rings is 1. The molecule has 118 valence electrons. The summed E-state index contributed by atoms with van der Waals surface area (Å²) < 4.78 is 1.90. The molecule has 0 saturated carbocycles. The van der Waals surface area contributed by atoms with Gasteiger partial charge in [-0.05, 0) is 37.5 Å². The van der Waals surface area contributed by atoms with Crippen LogP contribution in [0.4, 0.5) is 0 Å². The van der Waals surface area contributed by atoms with Crippen LogP contribution in [0, 0.1) is 12.8 Å². The third-order valence-corrected chi connectivity index (χ3v) is 5.07. The number of rotatable bonds is 1. The zero-order chi connectivity index (χ0) is 16.0. The first-order valence-corrected chi connectivity index (χ1v) is 8.17. The van der Waals surface area contributed by atoms with Crippen molar-refractivity contribution in [3.63, 3.8) is 0 Å². The molecular weight excluding hydrogens is 288 g/mol. The van der Waals surface area contributed by atoms with Crippen LogP contribution in [0.25, 0.3) is 0 Å². The third-order valence-electron chi connectivity index (χ3n) is 5.07. The van der Waals surface area contributed by atoms with E-state index >= 15 is 0 Å². The summed E-state index contributed by atoms with van der Waals surface area (Å²) in [5.41, 5.74) is 3.07. The minimum atomic E-state index is 0.0792. The van der Waals surface area contributed by atoms with E-state index in [0.717, 1.165) is 36.3 Å². The lowest BCUT2D eigenvalue weighted by Gasteiger charge is -2.42. The van der Waals surface area contributed by atoms with E-state index < -0.39 is 0 Å². The van der Waals surface area contributed by atoms with Gasteiger partial charge in [-0.2, -0.15) is 0 Å². The van der Waals surface area contributed by atoms with Crippen LogP contribution < -0.4 is 5.56 Å². The molecule has 2 aromatic rings. The van der Waals surface area contributed by atoms with Gasteiger partial charge in [0.05, 0.1) is 0 Å². The van der Waals surface area contributed by atoms with Gasteiger partial charge in [0.25, 0.3) is 11.5 Å². The maximum atomic E-state index is 12.8. The van der Waals surface area contributed by atoms with Gasteiger partial charge in [0.2, 0.25) is 0 Å². The van der Waals surface area contributed by atoms with Gasteiger partial charge in [-0.25, -0.2) is 0 Å². The maximum absolute atomic E-state index is 12.8. The van der Waals surface area contributed by atoms with Crippen molar-refractivity contribution in [2.45, 2.75) is 25.8 Å². The minimum absolute atomic E-state index is 0.0792. The predicted molar refractivity (Wildman–Crippen MR) is 88.6 cm³/mol. The summed E-state index contributed by atoms with van der Waals surface area (Å²) in [5.74, 6) is 0.743. The van der Waals surface area contributed by atoms with E-state index in [4.69, 9.17) is 0 Å². The molecule has 2 aliphatic rings. The van der Waals surface area contributed by atoms with Gasteiger partial charge in [0.15, 0.2) is 0 Å². The monoisotopic (exact) mass is 308 g/mol. The molecule has 23 heavy (non-hydrogen) atoms. The van der Waals surface area contributed by atoms with Crippen LogP contribution in [-0.4, -0.2) is 28.5 Å². The Morgan fingerprint density at radius 2 is 1.83 bits per heavy atom. The highest BCUT2D eigenvalue weighted by Crippen LogP contribution is 2.35. The summed E-state index contributed by atoms with van der Waals surface area (Å²) in [5, 5.41) is 0. The third kappa shape index (κ3) is 2.48. The van der Waals surface area contributed by atoms with Crippen molar-refractivity contribution in [3.05, 3.63) is 69.6 Å². The number of pyridine rings is 1. The van der Waals surface area contributed by atoms with Crippen LogP contribution in [0.2, 0.25) is 0 Å². The van der Waals surface area contributed by atoms with E-state index in [1.165, 1.54) is 0 Å². The number of aromatic nitrogens is 1. The lowest BCUT2D eigenvalue weighted by Crippen LogP contribution is -2.49. The van der Waals surface area contributed by atoms with E-state index in [9.17, 15) is 9.59 Å². The highest BCUT2D eigenvalue weighted by molar-refractivity contribution is 5.94. The summed E-state index contributed by atoms with van der Waals surface area (Å²) in [6.45, 7) is 4.19. The Labute approximate surface area is 135 Å². The molecule has 1 saturated heterocycles. The fraction of sp³-hybridized carbons (Fsp3) is 0.368. The molecule has 4 heteroatoms. The summed E-state index contributed by atoms with van der Waals surface area (Å²) >= 11 is 0. The lowest BCUT2D eigenvalue weighted by molar-refractivity contribution is 0.0594. The Morgan fingerprint density at radius 1 is 1.04 bits per heavy atom. The fourth-order valence-corrected chi connectivity index (χ4v) is 3.94. The molecule has 4 rings (SSSR count). The predicted octanol–water partition coefficient (Wildman–Crippen LogP) is 2.42. The topological polar surface area (TPSA) is 42.3 Å². The second-order valence-electron chi connectivity index (χ2n) is 6.77. The molecule has 2 atom stereocenters. The van der Waals surface area contributed by atoms with Gasteiger partial charge < -0.3 is 9.47 Å². The highest BCUT2D eigenvalue weighted by Gasteiger charge is 2.36. The highest BCUT2D eigenvalue weighted by atomic mass is 16.2. The van der Waals surface area contributed by atoms with Crippen LogP contribution in [0.1, 0.15) is 34.0 Å². The smallest absolute Gasteiger partial charge is 0.253 e. The van der Waals surface area contributed by atoms with Gasteiger partial charge in [-0.15, -0.1) is 0 Å². The minimum Gasteiger partial charge on any atom is -0.338 e. The number of carbonyl (C=O) groups is 1. The summed E-state index contributed by atoms with van der Waals surface area (Å²) in [7, 11) is 0. The van der Waals surface area contributed by atoms with Crippen LogP contribution >= 0.6 is 0 Å². The molecule has 2 aliphatic heterocycles. The average molecular weight is 308 g/mol. The number of fused-ring (bicyclic) bond motifs is 4. The van der Waals surface area contributed by atoms with Crippen molar-refractivity contribution >= 4 is 5.91 Å². The summed E-state index contributed by atoms with van der Waals surface area (Å²) in [6, 6.07) is 13.2. The second kappa shape index (κ2) is 5.37. The van der Waals surface area contributed by atoms with Crippen molar-refractivity contribution in [1.82, 2.24) is 9.47 Å². The lowest BCUT2D eigenvalue weighted by atomic mass is 9.83. The molecule has 3 heterocycles. The number of nitrogens with zero attached hydrogens (tertiary/aromatic N) is 2. The molecule has 1 fully saturated rings. The Bertz CT molecular complexity index is 807. The largest absolute Gasteiger partial charge is 0.338 e. The van der Waals surface area contributed by atoms with Crippen molar-refractivity contribution in [1.29, 1.82) is 0 Å². The van der Waals surface area contributed by atoms with Crippen molar-refractivity contribution in [3.8, 4) is 0 Å². The van der Waals surface area contributed by atoms with Crippen molar-refractivity contribution in [2.24, 2.45) is 5.92 Å². The zero-order valence-corrected chi connectivity index (χ0v) is 13.2. The molecule has 2 bridgehead atoms. The number of aryl methyl sites for hydroxylation is 1. The Morgan fingerprint density at radius 3 is 2.61 bits per heavy atom. The number of carbonyl (C=O) groups excluding carboxylic acids is 1. The molecule has 1 amide bonds. The van der Waals surface area contributed by atoms with Crippen LogP contribution in [-0.2, 0) is 6.54 Å². The Balaban J connectivity index is 1.62. The number of likely N-dealkylation sites (tertiary alicyclic amines) is 1. The van der Waals surface area contributed by atoms with Crippen LogP contribution in [0.3, 0.4) is 0 Å². The molecule has 1 aromatic carbocycles. The normalized spacial score (nSPS) is 22.6.